The van der Waals surface area contributed by atoms with Crippen LogP contribution >= 0.6 is 0 Å². The van der Waals surface area contributed by atoms with Crippen LogP contribution in [0.1, 0.15) is 40.4 Å². The van der Waals surface area contributed by atoms with Crippen LogP contribution in [0.25, 0.3) is 0 Å². The van der Waals surface area contributed by atoms with E-state index in [9.17, 15) is 14.9 Å². The summed E-state index contributed by atoms with van der Waals surface area (Å²) in [6, 6.07) is 19.5. The highest BCUT2D eigenvalue weighted by Gasteiger charge is 2.28. The predicted octanol–water partition coefficient (Wildman–Crippen LogP) is 2.83. The molecule has 4 rings (SSSR count). The van der Waals surface area contributed by atoms with Crippen LogP contribution in [0.3, 0.4) is 0 Å². The Hall–Kier alpha value is -3.17. The van der Waals surface area contributed by atoms with Crippen molar-refractivity contribution >= 4 is 11.8 Å². The molecule has 2 aromatic rings. The van der Waals surface area contributed by atoms with Crippen LogP contribution in [0.5, 0.6) is 0 Å². The zero-order valence-corrected chi connectivity index (χ0v) is 17.0. The highest BCUT2D eigenvalue weighted by molar-refractivity contribution is 5.94. The monoisotopic (exact) mass is 402 g/mol. The summed E-state index contributed by atoms with van der Waals surface area (Å²) in [6.45, 7) is 3.88. The van der Waals surface area contributed by atoms with Gasteiger partial charge >= 0.3 is 0 Å². The number of piperazine rings is 1. The lowest BCUT2D eigenvalue weighted by Crippen LogP contribution is -2.49. The average molecular weight is 402 g/mol. The van der Waals surface area contributed by atoms with Gasteiger partial charge in [0.1, 0.15) is 6.04 Å². The minimum Gasteiger partial charge on any atom is -0.338 e. The van der Waals surface area contributed by atoms with Gasteiger partial charge in [0.2, 0.25) is 5.91 Å². The van der Waals surface area contributed by atoms with Gasteiger partial charge in [0, 0.05) is 51.3 Å². The van der Waals surface area contributed by atoms with Gasteiger partial charge < -0.3 is 9.80 Å². The van der Waals surface area contributed by atoms with Gasteiger partial charge in [-0.1, -0.05) is 42.5 Å². The topological polar surface area (TPSA) is 67.7 Å². The van der Waals surface area contributed by atoms with E-state index in [0.29, 0.717) is 44.7 Å². The van der Waals surface area contributed by atoms with E-state index in [0.717, 1.165) is 24.1 Å². The van der Waals surface area contributed by atoms with Gasteiger partial charge in [0.15, 0.2) is 0 Å². The summed E-state index contributed by atoms with van der Waals surface area (Å²) in [4.78, 5) is 30.8. The molecule has 2 heterocycles. The summed E-state index contributed by atoms with van der Waals surface area (Å²) in [5.41, 5.74) is 2.64. The number of hydrogen-bond acceptors (Lipinski definition) is 4. The van der Waals surface area contributed by atoms with E-state index in [1.54, 1.807) is 0 Å². The fraction of sp³-hybridized carbons (Fsp3) is 0.375. The van der Waals surface area contributed by atoms with Crippen molar-refractivity contribution in [1.82, 2.24) is 14.7 Å². The second kappa shape index (κ2) is 9.10. The SMILES string of the molecule is N#CC(c1ccccc1)N1CCN(C(=O)c2cccc(CN3CCCC3=O)c2)CC1. The molecule has 0 aliphatic carbocycles. The van der Waals surface area contributed by atoms with E-state index >= 15 is 0 Å². The molecule has 0 aromatic heterocycles. The highest BCUT2D eigenvalue weighted by Crippen LogP contribution is 2.22. The Balaban J connectivity index is 1.38. The average Bonchev–Trinajstić information content (AvgIpc) is 3.19. The van der Waals surface area contributed by atoms with Gasteiger partial charge in [-0.05, 0) is 29.7 Å². The Morgan fingerprint density at radius 1 is 1.00 bits per heavy atom. The number of rotatable bonds is 5. The fourth-order valence-corrected chi connectivity index (χ4v) is 4.26. The van der Waals surface area contributed by atoms with Gasteiger partial charge in [0.05, 0.1) is 6.07 Å². The van der Waals surface area contributed by atoms with Gasteiger partial charge in [-0.3, -0.25) is 14.5 Å². The van der Waals surface area contributed by atoms with Gasteiger partial charge in [-0.2, -0.15) is 5.26 Å². The first-order valence-electron chi connectivity index (χ1n) is 10.5. The molecule has 2 fully saturated rings. The first-order valence-corrected chi connectivity index (χ1v) is 10.5. The second-order valence-corrected chi connectivity index (χ2v) is 7.89. The van der Waals surface area contributed by atoms with Crippen LogP contribution in [-0.2, 0) is 11.3 Å². The summed E-state index contributed by atoms with van der Waals surface area (Å²) in [7, 11) is 0. The first-order chi connectivity index (χ1) is 14.7. The molecule has 0 bridgehead atoms. The zero-order valence-electron chi connectivity index (χ0n) is 17.0. The van der Waals surface area contributed by atoms with Crippen LogP contribution in [0.2, 0.25) is 0 Å². The lowest BCUT2D eigenvalue weighted by molar-refractivity contribution is -0.128. The van der Waals surface area contributed by atoms with Crippen molar-refractivity contribution in [2.75, 3.05) is 32.7 Å². The second-order valence-electron chi connectivity index (χ2n) is 7.89. The minimum absolute atomic E-state index is 0.0115. The molecule has 0 saturated carbocycles. The quantitative estimate of drug-likeness (QED) is 0.771. The van der Waals surface area contributed by atoms with E-state index in [2.05, 4.69) is 11.0 Å². The molecule has 0 radical (unpaired) electrons. The molecule has 6 heteroatoms. The lowest BCUT2D eigenvalue weighted by Gasteiger charge is -2.37. The summed E-state index contributed by atoms with van der Waals surface area (Å²) >= 11 is 0. The van der Waals surface area contributed by atoms with Crippen molar-refractivity contribution in [3.05, 3.63) is 71.3 Å². The Morgan fingerprint density at radius 3 is 2.43 bits per heavy atom. The van der Waals surface area contributed by atoms with E-state index in [4.69, 9.17) is 0 Å². The predicted molar refractivity (Wildman–Crippen MR) is 113 cm³/mol. The van der Waals surface area contributed by atoms with E-state index in [1.165, 1.54) is 0 Å². The van der Waals surface area contributed by atoms with Crippen LogP contribution in [0.15, 0.2) is 54.6 Å². The van der Waals surface area contributed by atoms with Gasteiger partial charge in [0.25, 0.3) is 5.91 Å². The molecule has 1 atom stereocenters. The third-order valence-corrected chi connectivity index (χ3v) is 5.92. The van der Waals surface area contributed by atoms with E-state index < -0.39 is 0 Å². The molecular formula is C24H26N4O2. The number of likely N-dealkylation sites (tertiary alicyclic amines) is 1. The van der Waals surface area contributed by atoms with Crippen LogP contribution in [-0.4, -0.2) is 59.2 Å². The molecule has 2 aliphatic rings. The normalized spacial score (nSPS) is 18.3. The molecule has 154 valence electrons. The Labute approximate surface area is 177 Å². The van der Waals surface area contributed by atoms with Crippen molar-refractivity contribution in [1.29, 1.82) is 5.26 Å². The summed E-state index contributed by atoms with van der Waals surface area (Å²) in [6.07, 6.45) is 1.53. The van der Waals surface area contributed by atoms with Crippen molar-refractivity contribution < 1.29 is 9.59 Å². The third kappa shape index (κ3) is 4.37. The molecule has 2 amide bonds. The molecule has 0 N–H and O–H groups in total. The molecule has 0 spiro atoms. The molecule has 2 aliphatic heterocycles. The molecular weight excluding hydrogens is 376 g/mol. The molecule has 30 heavy (non-hydrogen) atoms. The number of carbonyl (C=O) groups excluding carboxylic acids is 2. The first kappa shape index (κ1) is 20.1. The smallest absolute Gasteiger partial charge is 0.253 e. The molecule has 1 unspecified atom stereocenters. The minimum atomic E-state index is -0.287. The van der Waals surface area contributed by atoms with Crippen molar-refractivity contribution in [3.8, 4) is 6.07 Å². The number of benzene rings is 2. The maximum atomic E-state index is 13.0. The number of hydrogen-bond donors (Lipinski definition) is 0. The Kier molecular flexibility index (Phi) is 6.10. The maximum Gasteiger partial charge on any atom is 0.253 e. The Bertz CT molecular complexity index is 945. The summed E-state index contributed by atoms with van der Waals surface area (Å²) < 4.78 is 0. The highest BCUT2D eigenvalue weighted by atomic mass is 16.2. The van der Waals surface area contributed by atoms with E-state index in [1.807, 2.05) is 64.4 Å². The molecule has 2 aromatic carbocycles. The molecule has 6 nitrogen and oxygen atoms in total. The van der Waals surface area contributed by atoms with Gasteiger partial charge in [-0.15, -0.1) is 0 Å². The van der Waals surface area contributed by atoms with Crippen molar-refractivity contribution in [3.63, 3.8) is 0 Å². The van der Waals surface area contributed by atoms with Crippen LogP contribution < -0.4 is 0 Å². The van der Waals surface area contributed by atoms with Crippen molar-refractivity contribution in [2.24, 2.45) is 0 Å². The zero-order chi connectivity index (χ0) is 20.9. The third-order valence-electron chi connectivity index (χ3n) is 5.92. The number of nitrogens with zero attached hydrogens (tertiary/aromatic N) is 4. The maximum absolute atomic E-state index is 13.0. The van der Waals surface area contributed by atoms with Crippen LogP contribution in [0, 0.1) is 11.3 Å². The standard InChI is InChI=1S/C24H26N4O2/c25-17-22(20-7-2-1-3-8-20)26-12-14-27(15-13-26)24(30)21-9-4-6-19(16-21)18-28-11-5-10-23(28)29/h1-4,6-9,16,22H,5,10-15,18H2. The number of nitriles is 1. The molecule has 2 saturated heterocycles. The van der Waals surface area contributed by atoms with Crippen LogP contribution in [0.4, 0.5) is 0 Å². The number of carbonyl (C=O) groups is 2. The fourth-order valence-electron chi connectivity index (χ4n) is 4.26. The van der Waals surface area contributed by atoms with Gasteiger partial charge in [-0.25, -0.2) is 0 Å². The lowest BCUT2D eigenvalue weighted by atomic mass is 10.1. The van der Waals surface area contributed by atoms with Crippen molar-refractivity contribution in [2.45, 2.75) is 25.4 Å². The van der Waals surface area contributed by atoms with E-state index in [-0.39, 0.29) is 17.9 Å². The number of amides is 2. The summed E-state index contributed by atoms with van der Waals surface area (Å²) in [5, 5.41) is 9.65. The largest absolute Gasteiger partial charge is 0.338 e. The Morgan fingerprint density at radius 2 is 1.77 bits per heavy atom. The summed E-state index contributed by atoms with van der Waals surface area (Å²) in [5.74, 6) is 0.200.